The van der Waals surface area contributed by atoms with E-state index in [-0.39, 0.29) is 12.5 Å². The van der Waals surface area contributed by atoms with Crippen LogP contribution in [0, 0.1) is 0 Å². The number of hydrogen-bond donors (Lipinski definition) is 2. The molecule has 36 heavy (non-hydrogen) atoms. The Kier molecular flexibility index (Phi) is 9.27. The predicted octanol–water partition coefficient (Wildman–Crippen LogP) is 1.71. The van der Waals surface area contributed by atoms with Crippen LogP contribution in [0.3, 0.4) is 0 Å². The zero-order valence-corrected chi connectivity index (χ0v) is 21.3. The summed E-state index contributed by atoms with van der Waals surface area (Å²) in [5, 5.41) is 7.51. The van der Waals surface area contributed by atoms with Gasteiger partial charge in [0, 0.05) is 20.0 Å². The fourth-order valence-corrected chi connectivity index (χ4v) is 3.97. The highest BCUT2D eigenvalue weighted by Gasteiger charge is 2.38. The van der Waals surface area contributed by atoms with Crippen LogP contribution in [-0.4, -0.2) is 77.9 Å². The van der Waals surface area contributed by atoms with Crippen molar-refractivity contribution < 1.29 is 33.6 Å². The molecule has 11 nitrogen and oxygen atoms in total. The maximum absolute atomic E-state index is 13.1. The van der Waals surface area contributed by atoms with E-state index in [0.29, 0.717) is 38.6 Å². The first kappa shape index (κ1) is 27.4. The molecule has 3 rings (SSSR count). The summed E-state index contributed by atoms with van der Waals surface area (Å²) < 4.78 is 5.33. The summed E-state index contributed by atoms with van der Waals surface area (Å²) in [4.78, 5) is 62.2. The number of ether oxygens (including phenoxy) is 1. The average molecular weight is 505 g/mol. The van der Waals surface area contributed by atoms with Crippen LogP contribution in [0.25, 0.3) is 0 Å². The zero-order valence-electron chi connectivity index (χ0n) is 21.3. The highest BCUT2D eigenvalue weighted by Crippen LogP contribution is 2.22. The number of carbonyl (C=O) groups excluding carboxylic acids is 4. The minimum absolute atomic E-state index is 0.289. The predicted molar refractivity (Wildman–Crippen MR) is 129 cm³/mol. The molecule has 11 heteroatoms. The summed E-state index contributed by atoms with van der Waals surface area (Å²) in [5.41, 5.74) is 0.206. The lowest BCUT2D eigenvalue weighted by atomic mass is 10.0. The van der Waals surface area contributed by atoms with Gasteiger partial charge in [0.15, 0.2) is 12.2 Å². The average Bonchev–Trinajstić information content (AvgIpc) is 2.87. The minimum Gasteiger partial charge on any atom is -0.442 e. The molecule has 2 N–H and O–H groups in total. The van der Waals surface area contributed by atoms with Crippen LogP contribution >= 0.6 is 0 Å². The fourth-order valence-electron chi connectivity index (χ4n) is 3.97. The Hall–Kier alpha value is -3.18. The van der Waals surface area contributed by atoms with Gasteiger partial charge in [-0.15, -0.1) is 0 Å². The summed E-state index contributed by atoms with van der Waals surface area (Å²) in [5.74, 6) is -1.27. The summed E-state index contributed by atoms with van der Waals surface area (Å²) in [6, 6.07) is 8.57. The highest BCUT2D eigenvalue weighted by atomic mass is 16.7. The van der Waals surface area contributed by atoms with E-state index in [1.165, 1.54) is 7.05 Å². The SMILES string of the molecule is CNC(=O)[C@H](Cc1ccccc1)NC(=O)[C@@H]1CCCN(C(=O)[C@@H]2CCCN(C(=O)OC(C)(C)C)O2)O1. The Bertz CT molecular complexity index is 934. The van der Waals surface area contributed by atoms with E-state index in [2.05, 4.69) is 10.6 Å². The molecule has 2 aliphatic heterocycles. The zero-order chi connectivity index (χ0) is 26.3. The second kappa shape index (κ2) is 12.2. The first-order chi connectivity index (χ1) is 17.1. The number of hydrogen-bond acceptors (Lipinski definition) is 7. The van der Waals surface area contributed by atoms with E-state index in [0.717, 1.165) is 15.7 Å². The van der Waals surface area contributed by atoms with E-state index < -0.39 is 41.8 Å². The van der Waals surface area contributed by atoms with Crippen molar-refractivity contribution >= 4 is 23.8 Å². The number of benzene rings is 1. The molecule has 2 fully saturated rings. The lowest BCUT2D eigenvalue weighted by Crippen LogP contribution is -2.55. The van der Waals surface area contributed by atoms with Crippen molar-refractivity contribution in [2.24, 2.45) is 0 Å². The molecular weight excluding hydrogens is 468 g/mol. The van der Waals surface area contributed by atoms with Crippen molar-refractivity contribution in [3.8, 4) is 0 Å². The number of carbonyl (C=O) groups is 4. The Morgan fingerprint density at radius 1 is 1.00 bits per heavy atom. The molecule has 3 atom stereocenters. The van der Waals surface area contributed by atoms with Crippen molar-refractivity contribution in [1.29, 1.82) is 0 Å². The molecule has 0 aromatic heterocycles. The number of likely N-dealkylation sites (N-methyl/N-ethyl adjacent to an activating group) is 1. The fraction of sp³-hybridized carbons (Fsp3) is 0.600. The second-order valence-electron chi connectivity index (χ2n) is 9.86. The Morgan fingerprint density at radius 3 is 2.25 bits per heavy atom. The second-order valence-corrected chi connectivity index (χ2v) is 9.86. The standard InChI is InChI=1S/C25H36N4O7/c1-25(2,3)34-24(33)29-15-9-13-20(36-29)23(32)28-14-8-12-19(35-28)22(31)27-18(21(30)26-4)16-17-10-6-5-7-11-17/h5-7,10-11,18-20H,8-9,12-16H2,1-4H3,(H,26,30)(H,27,31)/t18-,19-,20-/m0/s1. The third kappa shape index (κ3) is 7.66. The molecule has 0 aliphatic carbocycles. The first-order valence-corrected chi connectivity index (χ1v) is 12.3. The lowest BCUT2D eigenvalue weighted by Gasteiger charge is -2.37. The molecule has 0 unspecified atom stereocenters. The van der Waals surface area contributed by atoms with Gasteiger partial charge in [-0.2, -0.15) is 5.06 Å². The summed E-state index contributed by atoms with van der Waals surface area (Å²) in [6.07, 6.45) is -0.299. The minimum atomic E-state index is -0.934. The van der Waals surface area contributed by atoms with Gasteiger partial charge in [-0.1, -0.05) is 30.3 Å². The van der Waals surface area contributed by atoms with Gasteiger partial charge in [0.05, 0.1) is 6.54 Å². The van der Waals surface area contributed by atoms with Crippen molar-refractivity contribution in [3.05, 3.63) is 35.9 Å². The van der Waals surface area contributed by atoms with Crippen LogP contribution in [0.4, 0.5) is 4.79 Å². The van der Waals surface area contributed by atoms with Gasteiger partial charge in [-0.25, -0.2) is 9.86 Å². The molecule has 198 valence electrons. The Morgan fingerprint density at radius 2 is 1.61 bits per heavy atom. The van der Waals surface area contributed by atoms with Crippen molar-refractivity contribution in [2.45, 2.75) is 76.7 Å². The first-order valence-electron chi connectivity index (χ1n) is 12.3. The Labute approximate surface area is 211 Å². The molecule has 2 aliphatic rings. The maximum Gasteiger partial charge on any atom is 0.434 e. The summed E-state index contributed by atoms with van der Waals surface area (Å²) in [7, 11) is 1.51. The number of rotatable bonds is 6. The summed E-state index contributed by atoms with van der Waals surface area (Å²) >= 11 is 0. The molecule has 0 radical (unpaired) electrons. The van der Waals surface area contributed by atoms with E-state index in [1.807, 2.05) is 30.3 Å². The third-order valence-electron chi connectivity index (χ3n) is 5.74. The van der Waals surface area contributed by atoms with Crippen LogP contribution in [-0.2, 0) is 35.2 Å². The number of amides is 4. The maximum atomic E-state index is 13.1. The molecule has 1 aromatic carbocycles. The lowest BCUT2D eigenvalue weighted by molar-refractivity contribution is -0.249. The van der Waals surface area contributed by atoms with Crippen LogP contribution in [0.15, 0.2) is 30.3 Å². The van der Waals surface area contributed by atoms with Crippen LogP contribution in [0.2, 0.25) is 0 Å². The molecule has 0 bridgehead atoms. The van der Waals surface area contributed by atoms with Gasteiger partial charge < -0.3 is 15.4 Å². The monoisotopic (exact) mass is 504 g/mol. The van der Waals surface area contributed by atoms with Crippen LogP contribution in [0.1, 0.15) is 52.0 Å². The van der Waals surface area contributed by atoms with Crippen molar-refractivity contribution in [2.75, 3.05) is 20.1 Å². The molecule has 2 saturated heterocycles. The molecule has 4 amide bonds. The van der Waals surface area contributed by atoms with Gasteiger partial charge in [0.1, 0.15) is 11.6 Å². The van der Waals surface area contributed by atoms with Crippen molar-refractivity contribution in [3.63, 3.8) is 0 Å². The topological polar surface area (TPSA) is 127 Å². The van der Waals surface area contributed by atoms with E-state index in [9.17, 15) is 19.2 Å². The molecule has 0 saturated carbocycles. The quantitative estimate of drug-likeness (QED) is 0.604. The molecule has 2 heterocycles. The number of nitrogens with one attached hydrogen (secondary N) is 2. The largest absolute Gasteiger partial charge is 0.442 e. The van der Waals surface area contributed by atoms with Crippen molar-refractivity contribution in [1.82, 2.24) is 20.8 Å². The highest BCUT2D eigenvalue weighted by molar-refractivity contribution is 5.89. The van der Waals surface area contributed by atoms with Crippen LogP contribution < -0.4 is 10.6 Å². The van der Waals surface area contributed by atoms with Crippen LogP contribution in [0.5, 0.6) is 0 Å². The van der Waals surface area contributed by atoms with Gasteiger partial charge in [0.2, 0.25) is 5.91 Å². The normalized spacial score (nSPS) is 21.3. The van der Waals surface area contributed by atoms with E-state index in [4.69, 9.17) is 14.4 Å². The van der Waals surface area contributed by atoms with Gasteiger partial charge in [-0.05, 0) is 52.0 Å². The molecule has 1 aromatic rings. The third-order valence-corrected chi connectivity index (χ3v) is 5.74. The van der Waals surface area contributed by atoms with Gasteiger partial charge in [0.25, 0.3) is 11.8 Å². The van der Waals surface area contributed by atoms with E-state index in [1.54, 1.807) is 20.8 Å². The number of nitrogens with zero attached hydrogens (tertiary/aromatic N) is 2. The molecular formula is C25H36N4O7. The van der Waals surface area contributed by atoms with E-state index >= 15 is 0 Å². The van der Waals surface area contributed by atoms with Gasteiger partial charge >= 0.3 is 6.09 Å². The summed E-state index contributed by atoms with van der Waals surface area (Å²) in [6.45, 7) is 5.85. The smallest absolute Gasteiger partial charge is 0.434 e. The van der Waals surface area contributed by atoms with Gasteiger partial charge in [-0.3, -0.25) is 24.1 Å². The molecule has 0 spiro atoms. The Balaban J connectivity index is 1.59. The number of hydroxylamine groups is 4.